The van der Waals surface area contributed by atoms with E-state index in [4.69, 9.17) is 5.73 Å². The fourth-order valence-electron chi connectivity index (χ4n) is 3.50. The molecule has 0 heterocycles. The van der Waals surface area contributed by atoms with Crippen molar-refractivity contribution >= 4 is 0 Å². The van der Waals surface area contributed by atoms with Gasteiger partial charge in [0.05, 0.1) is 0 Å². The first-order valence-electron chi connectivity index (χ1n) is 5.40. The lowest BCUT2D eigenvalue weighted by atomic mass is 10.0. The van der Waals surface area contributed by atoms with Gasteiger partial charge in [0, 0.05) is 6.04 Å². The Hall–Kier alpha value is -0.0400. The predicted molar refractivity (Wildman–Crippen MR) is 56.3 cm³/mol. The van der Waals surface area contributed by atoms with Crippen LogP contribution in [-0.4, -0.2) is 6.04 Å². The summed E-state index contributed by atoms with van der Waals surface area (Å²) in [6.45, 7) is 14.2. The summed E-state index contributed by atoms with van der Waals surface area (Å²) < 4.78 is 0. The van der Waals surface area contributed by atoms with Gasteiger partial charge < -0.3 is 5.73 Å². The van der Waals surface area contributed by atoms with Crippen molar-refractivity contribution in [3.8, 4) is 0 Å². The zero-order valence-corrected chi connectivity index (χ0v) is 9.81. The Morgan fingerprint density at radius 1 is 0.846 bits per heavy atom. The molecule has 2 rings (SSSR count). The van der Waals surface area contributed by atoms with Crippen molar-refractivity contribution < 1.29 is 0 Å². The summed E-state index contributed by atoms with van der Waals surface area (Å²) in [6.07, 6.45) is 0. The molecule has 2 N–H and O–H groups in total. The van der Waals surface area contributed by atoms with Crippen LogP contribution in [0, 0.1) is 28.1 Å². The maximum atomic E-state index is 6.13. The summed E-state index contributed by atoms with van der Waals surface area (Å²) in [5, 5.41) is 0. The van der Waals surface area contributed by atoms with Crippen molar-refractivity contribution in [1.82, 2.24) is 0 Å². The van der Waals surface area contributed by atoms with E-state index >= 15 is 0 Å². The Bertz CT molecular complexity index is 236. The van der Waals surface area contributed by atoms with Gasteiger partial charge in [-0.2, -0.15) is 0 Å². The van der Waals surface area contributed by atoms with Gasteiger partial charge in [0.25, 0.3) is 0 Å². The molecule has 0 amide bonds. The van der Waals surface area contributed by atoms with Crippen LogP contribution in [0.5, 0.6) is 0 Å². The second kappa shape index (κ2) is 1.98. The maximum absolute atomic E-state index is 6.13. The molecule has 2 saturated carbocycles. The van der Waals surface area contributed by atoms with Crippen molar-refractivity contribution in [2.75, 3.05) is 0 Å². The molecular weight excluding hydrogens is 158 g/mol. The van der Waals surface area contributed by atoms with Crippen molar-refractivity contribution in [1.29, 1.82) is 0 Å². The summed E-state index contributed by atoms with van der Waals surface area (Å²) in [7, 11) is 0. The van der Waals surface area contributed by atoms with Gasteiger partial charge in [-0.1, -0.05) is 41.5 Å². The molecule has 0 aromatic heterocycles. The molecule has 76 valence electrons. The summed E-state index contributed by atoms with van der Waals surface area (Å²) in [6, 6.07) is 0.443. The van der Waals surface area contributed by atoms with E-state index in [1.807, 2.05) is 0 Å². The van der Waals surface area contributed by atoms with Crippen LogP contribution in [0.2, 0.25) is 0 Å². The normalized spacial score (nSPS) is 44.5. The molecule has 0 radical (unpaired) electrons. The highest BCUT2D eigenvalue weighted by atomic mass is 14.9. The van der Waals surface area contributed by atoms with E-state index in [2.05, 4.69) is 41.5 Å². The third-order valence-electron chi connectivity index (χ3n) is 5.49. The van der Waals surface area contributed by atoms with Crippen LogP contribution in [0.3, 0.4) is 0 Å². The highest BCUT2D eigenvalue weighted by Crippen LogP contribution is 2.78. The van der Waals surface area contributed by atoms with E-state index in [1.54, 1.807) is 0 Å². The first kappa shape index (κ1) is 9.51. The average Bonchev–Trinajstić information content (AvgIpc) is 2.51. The number of nitrogens with two attached hydrogens (primary N) is 1. The Kier molecular flexibility index (Phi) is 1.45. The van der Waals surface area contributed by atoms with Crippen LogP contribution in [0.15, 0.2) is 0 Å². The summed E-state index contributed by atoms with van der Waals surface area (Å²) >= 11 is 0. The van der Waals surface area contributed by atoms with Crippen molar-refractivity contribution in [2.24, 2.45) is 33.8 Å². The molecule has 1 heteroatoms. The van der Waals surface area contributed by atoms with Gasteiger partial charge in [-0.05, 0) is 28.1 Å². The zero-order valence-electron chi connectivity index (χ0n) is 9.81. The van der Waals surface area contributed by atoms with E-state index in [0.717, 1.165) is 11.8 Å². The highest BCUT2D eigenvalue weighted by molar-refractivity contribution is 5.25. The molecule has 0 aromatic carbocycles. The fourth-order valence-corrected chi connectivity index (χ4v) is 3.50. The lowest BCUT2D eigenvalue weighted by Gasteiger charge is -2.04. The van der Waals surface area contributed by atoms with E-state index in [9.17, 15) is 0 Å². The van der Waals surface area contributed by atoms with Gasteiger partial charge in [-0.3, -0.25) is 0 Å². The topological polar surface area (TPSA) is 26.0 Å². The monoisotopic (exact) mass is 181 g/mol. The van der Waals surface area contributed by atoms with Crippen LogP contribution >= 0.6 is 0 Å². The first-order chi connectivity index (χ1) is 5.65. The van der Waals surface area contributed by atoms with Crippen LogP contribution < -0.4 is 5.73 Å². The average molecular weight is 181 g/mol. The number of rotatable bonds is 1. The molecule has 13 heavy (non-hydrogen) atoms. The Morgan fingerprint density at radius 2 is 1.15 bits per heavy atom. The standard InChI is InChI=1S/C12H23N/c1-10(2)7(9(10)13)8-11(3,4)12(8,5)6/h7-9H,13H2,1-6H3. The fraction of sp³-hybridized carbons (Fsp3) is 1.00. The van der Waals surface area contributed by atoms with Crippen LogP contribution in [0.25, 0.3) is 0 Å². The minimum atomic E-state index is 0.399. The highest BCUT2D eigenvalue weighted by Gasteiger charge is 2.75. The molecule has 2 aliphatic rings. The molecule has 1 nitrogen and oxygen atoms in total. The summed E-state index contributed by atoms with van der Waals surface area (Å²) in [5.41, 5.74) is 7.53. The third-order valence-corrected chi connectivity index (χ3v) is 5.49. The zero-order chi connectivity index (χ0) is 10.2. The van der Waals surface area contributed by atoms with Crippen LogP contribution in [0.4, 0.5) is 0 Å². The second-order valence-corrected chi connectivity index (χ2v) is 6.79. The molecule has 2 atom stereocenters. The predicted octanol–water partition coefficient (Wildman–Crippen LogP) is 2.65. The van der Waals surface area contributed by atoms with E-state index in [0.29, 0.717) is 22.3 Å². The Morgan fingerprint density at radius 3 is 1.23 bits per heavy atom. The first-order valence-corrected chi connectivity index (χ1v) is 5.40. The van der Waals surface area contributed by atoms with Crippen molar-refractivity contribution in [2.45, 2.75) is 47.6 Å². The summed E-state index contributed by atoms with van der Waals surface area (Å²) in [5.74, 6) is 1.60. The molecule has 2 aliphatic carbocycles. The minimum absolute atomic E-state index is 0.399. The van der Waals surface area contributed by atoms with Crippen molar-refractivity contribution in [3.63, 3.8) is 0 Å². The lowest BCUT2D eigenvalue weighted by Crippen LogP contribution is -2.07. The molecular formula is C12H23N. The van der Waals surface area contributed by atoms with Gasteiger partial charge in [0.15, 0.2) is 0 Å². The molecule has 0 spiro atoms. The van der Waals surface area contributed by atoms with Gasteiger partial charge in [0.1, 0.15) is 0 Å². The van der Waals surface area contributed by atoms with Crippen LogP contribution in [0.1, 0.15) is 41.5 Å². The maximum Gasteiger partial charge on any atom is 0.0131 e. The largest absolute Gasteiger partial charge is 0.327 e. The lowest BCUT2D eigenvalue weighted by molar-refractivity contribution is 0.446. The number of hydrogen-bond acceptors (Lipinski definition) is 1. The van der Waals surface area contributed by atoms with Gasteiger partial charge in [0.2, 0.25) is 0 Å². The van der Waals surface area contributed by atoms with Crippen molar-refractivity contribution in [3.05, 3.63) is 0 Å². The Labute approximate surface area is 82.1 Å². The van der Waals surface area contributed by atoms with E-state index in [-0.39, 0.29) is 0 Å². The third kappa shape index (κ3) is 0.869. The van der Waals surface area contributed by atoms with E-state index < -0.39 is 0 Å². The SMILES string of the molecule is CC1(C)C(N)C1C1C(C)(C)C1(C)C. The molecule has 2 unspecified atom stereocenters. The minimum Gasteiger partial charge on any atom is -0.327 e. The smallest absolute Gasteiger partial charge is 0.0131 e. The van der Waals surface area contributed by atoms with E-state index in [1.165, 1.54) is 0 Å². The second-order valence-electron chi connectivity index (χ2n) is 6.79. The van der Waals surface area contributed by atoms with Gasteiger partial charge in [-0.15, -0.1) is 0 Å². The molecule has 2 fully saturated rings. The van der Waals surface area contributed by atoms with Gasteiger partial charge >= 0.3 is 0 Å². The summed E-state index contributed by atoms with van der Waals surface area (Å²) in [4.78, 5) is 0. The van der Waals surface area contributed by atoms with Crippen LogP contribution in [-0.2, 0) is 0 Å². The molecule has 0 bridgehead atoms. The molecule has 0 aromatic rings. The Balaban J connectivity index is 2.17. The number of hydrogen-bond donors (Lipinski definition) is 1. The van der Waals surface area contributed by atoms with Gasteiger partial charge in [-0.25, -0.2) is 0 Å². The molecule has 0 aliphatic heterocycles. The molecule has 0 saturated heterocycles. The quantitative estimate of drug-likeness (QED) is 0.661.